The van der Waals surface area contributed by atoms with Crippen LogP contribution in [0.25, 0.3) is 10.8 Å². The molecular weight excluding hydrogens is 384 g/mol. The number of amides is 1. The van der Waals surface area contributed by atoms with Gasteiger partial charge in [-0.1, -0.05) is 75.1 Å². The summed E-state index contributed by atoms with van der Waals surface area (Å²) in [5, 5.41) is 5.89. The summed E-state index contributed by atoms with van der Waals surface area (Å²) < 4.78 is 6.32. The molecule has 1 aliphatic rings. The maximum atomic E-state index is 13.3. The lowest BCUT2D eigenvalue weighted by Gasteiger charge is -2.38. The molecule has 4 rings (SSSR count). The third kappa shape index (κ3) is 4.39. The second-order valence-electron chi connectivity index (χ2n) is 8.14. The Bertz CT molecular complexity index is 1050. The zero-order valence-corrected chi connectivity index (χ0v) is 18.6. The monoisotopic (exact) mass is 416 g/mol. The van der Waals surface area contributed by atoms with Crippen LogP contribution in [-0.2, 0) is 0 Å². The highest BCUT2D eigenvalue weighted by atomic mass is 16.5. The van der Waals surface area contributed by atoms with E-state index in [2.05, 4.69) is 42.6 Å². The van der Waals surface area contributed by atoms with Crippen molar-refractivity contribution >= 4 is 22.4 Å². The van der Waals surface area contributed by atoms with E-state index < -0.39 is 0 Å². The number of carbonyl (C=O) groups is 1. The molecule has 31 heavy (non-hydrogen) atoms. The zero-order valence-electron chi connectivity index (χ0n) is 18.6. The SMILES string of the molecule is CCCCCCCOc1ccc2ccccc2c1C1Nc2ccccc2C(=O)N1CC. The minimum atomic E-state index is -0.270. The molecule has 1 N–H and O–H groups in total. The first kappa shape index (κ1) is 21.2. The molecule has 0 saturated carbocycles. The molecule has 0 radical (unpaired) electrons. The summed E-state index contributed by atoms with van der Waals surface area (Å²) in [5.74, 6) is 0.914. The molecule has 1 amide bonds. The Labute approximate surface area is 185 Å². The van der Waals surface area contributed by atoms with Crippen molar-refractivity contribution in [3.63, 3.8) is 0 Å². The van der Waals surface area contributed by atoms with Gasteiger partial charge in [0.25, 0.3) is 5.91 Å². The Kier molecular flexibility index (Phi) is 6.76. The second kappa shape index (κ2) is 9.86. The Balaban J connectivity index is 1.70. The summed E-state index contributed by atoms with van der Waals surface area (Å²) in [6.45, 7) is 5.57. The summed E-state index contributed by atoms with van der Waals surface area (Å²) in [5.41, 5.74) is 2.64. The Hall–Kier alpha value is -3.01. The maximum Gasteiger partial charge on any atom is 0.257 e. The van der Waals surface area contributed by atoms with Crippen molar-refractivity contribution < 1.29 is 9.53 Å². The van der Waals surface area contributed by atoms with E-state index in [1.54, 1.807) is 0 Å². The highest BCUT2D eigenvalue weighted by molar-refractivity contribution is 6.02. The first-order chi connectivity index (χ1) is 15.2. The normalized spacial score (nSPS) is 15.6. The fourth-order valence-electron chi connectivity index (χ4n) is 4.42. The summed E-state index contributed by atoms with van der Waals surface area (Å²) in [7, 11) is 0. The van der Waals surface area contributed by atoms with Crippen LogP contribution in [0.1, 0.15) is 68.0 Å². The predicted octanol–water partition coefficient (Wildman–Crippen LogP) is 6.78. The molecule has 0 aliphatic carbocycles. The van der Waals surface area contributed by atoms with Gasteiger partial charge in [0.05, 0.1) is 12.2 Å². The number of carbonyl (C=O) groups excluding carboxylic acids is 1. The molecule has 0 spiro atoms. The molecule has 0 bridgehead atoms. The third-order valence-corrected chi connectivity index (χ3v) is 6.07. The molecule has 162 valence electrons. The van der Waals surface area contributed by atoms with Gasteiger partial charge in [0.1, 0.15) is 11.9 Å². The number of anilines is 1. The van der Waals surface area contributed by atoms with E-state index in [1.165, 1.54) is 25.7 Å². The third-order valence-electron chi connectivity index (χ3n) is 6.07. The largest absolute Gasteiger partial charge is 0.493 e. The van der Waals surface area contributed by atoms with Crippen LogP contribution in [0.5, 0.6) is 5.75 Å². The summed E-state index contributed by atoms with van der Waals surface area (Å²) >= 11 is 0. The number of para-hydroxylation sites is 1. The number of rotatable bonds is 9. The van der Waals surface area contributed by atoms with E-state index in [1.807, 2.05) is 42.2 Å². The zero-order chi connectivity index (χ0) is 21.6. The molecule has 0 fully saturated rings. The summed E-state index contributed by atoms with van der Waals surface area (Å²) in [6, 6.07) is 20.3. The molecule has 1 atom stereocenters. The van der Waals surface area contributed by atoms with Crippen molar-refractivity contribution in [1.29, 1.82) is 0 Å². The van der Waals surface area contributed by atoms with Gasteiger partial charge in [-0.05, 0) is 42.3 Å². The molecule has 1 unspecified atom stereocenters. The van der Waals surface area contributed by atoms with Crippen molar-refractivity contribution in [2.45, 2.75) is 52.1 Å². The fourth-order valence-corrected chi connectivity index (χ4v) is 4.42. The Morgan fingerprint density at radius 3 is 2.52 bits per heavy atom. The van der Waals surface area contributed by atoms with Gasteiger partial charge in [-0.15, -0.1) is 0 Å². The standard InChI is InChI=1S/C27H32N2O2/c1-3-5-6-7-12-19-31-24-18-17-20-13-8-9-14-21(20)25(24)26-28-23-16-11-10-15-22(23)27(30)29(26)4-2/h8-11,13-18,26,28H,3-7,12,19H2,1-2H3. The van der Waals surface area contributed by atoms with E-state index in [0.717, 1.165) is 39.8 Å². The number of unbranched alkanes of at least 4 members (excludes halogenated alkanes) is 4. The van der Waals surface area contributed by atoms with Crippen LogP contribution in [-0.4, -0.2) is 24.0 Å². The number of hydrogen-bond acceptors (Lipinski definition) is 3. The van der Waals surface area contributed by atoms with Gasteiger partial charge in [0.15, 0.2) is 0 Å². The van der Waals surface area contributed by atoms with Crippen LogP contribution in [0.15, 0.2) is 60.7 Å². The highest BCUT2D eigenvalue weighted by Gasteiger charge is 2.34. The lowest BCUT2D eigenvalue weighted by atomic mass is 9.97. The number of benzene rings is 3. The van der Waals surface area contributed by atoms with Gasteiger partial charge in [0, 0.05) is 17.8 Å². The van der Waals surface area contributed by atoms with E-state index in [4.69, 9.17) is 4.74 Å². The predicted molar refractivity (Wildman–Crippen MR) is 128 cm³/mol. The van der Waals surface area contributed by atoms with Crippen molar-refractivity contribution in [3.05, 3.63) is 71.8 Å². The number of nitrogens with zero attached hydrogens (tertiary/aromatic N) is 1. The lowest BCUT2D eigenvalue weighted by molar-refractivity contribution is 0.0693. The van der Waals surface area contributed by atoms with Gasteiger partial charge < -0.3 is 15.0 Å². The van der Waals surface area contributed by atoms with E-state index in [0.29, 0.717) is 13.2 Å². The number of fused-ring (bicyclic) bond motifs is 2. The van der Waals surface area contributed by atoms with Crippen molar-refractivity contribution in [2.24, 2.45) is 0 Å². The van der Waals surface area contributed by atoms with E-state index >= 15 is 0 Å². The molecule has 1 aliphatic heterocycles. The molecule has 1 heterocycles. The van der Waals surface area contributed by atoms with Crippen LogP contribution in [0.4, 0.5) is 5.69 Å². The summed E-state index contributed by atoms with van der Waals surface area (Å²) in [4.78, 5) is 15.2. The van der Waals surface area contributed by atoms with Crippen LogP contribution in [0, 0.1) is 0 Å². The van der Waals surface area contributed by atoms with Gasteiger partial charge in [-0.3, -0.25) is 4.79 Å². The number of nitrogens with one attached hydrogen (secondary N) is 1. The van der Waals surface area contributed by atoms with Gasteiger partial charge in [0.2, 0.25) is 0 Å². The second-order valence-corrected chi connectivity index (χ2v) is 8.14. The maximum absolute atomic E-state index is 13.3. The van der Waals surface area contributed by atoms with Gasteiger partial charge >= 0.3 is 0 Å². The Morgan fingerprint density at radius 2 is 1.68 bits per heavy atom. The number of hydrogen-bond donors (Lipinski definition) is 1. The first-order valence-electron chi connectivity index (χ1n) is 11.6. The van der Waals surface area contributed by atoms with Crippen LogP contribution in [0.3, 0.4) is 0 Å². The van der Waals surface area contributed by atoms with E-state index in [-0.39, 0.29) is 12.1 Å². The number of ether oxygens (including phenoxy) is 1. The average molecular weight is 417 g/mol. The van der Waals surface area contributed by atoms with E-state index in [9.17, 15) is 4.79 Å². The summed E-state index contributed by atoms with van der Waals surface area (Å²) in [6.07, 6.45) is 5.73. The van der Waals surface area contributed by atoms with Crippen LogP contribution < -0.4 is 10.1 Å². The minimum absolute atomic E-state index is 0.0558. The quantitative estimate of drug-likeness (QED) is 0.391. The van der Waals surface area contributed by atoms with Crippen molar-refractivity contribution in [1.82, 2.24) is 4.90 Å². The lowest BCUT2D eigenvalue weighted by Crippen LogP contribution is -2.43. The molecule has 3 aromatic carbocycles. The van der Waals surface area contributed by atoms with Crippen LogP contribution >= 0.6 is 0 Å². The topological polar surface area (TPSA) is 41.6 Å². The van der Waals surface area contributed by atoms with Crippen molar-refractivity contribution in [2.75, 3.05) is 18.5 Å². The average Bonchev–Trinajstić information content (AvgIpc) is 2.81. The molecule has 0 aromatic heterocycles. The first-order valence-corrected chi connectivity index (χ1v) is 11.6. The molecular formula is C27H32N2O2. The highest BCUT2D eigenvalue weighted by Crippen LogP contribution is 2.40. The Morgan fingerprint density at radius 1 is 0.903 bits per heavy atom. The fraction of sp³-hybridized carbons (Fsp3) is 0.370. The molecule has 4 nitrogen and oxygen atoms in total. The smallest absolute Gasteiger partial charge is 0.257 e. The van der Waals surface area contributed by atoms with Gasteiger partial charge in [-0.25, -0.2) is 0 Å². The minimum Gasteiger partial charge on any atom is -0.493 e. The molecule has 0 saturated heterocycles. The van der Waals surface area contributed by atoms with Crippen molar-refractivity contribution in [3.8, 4) is 5.75 Å². The molecule has 3 aromatic rings. The van der Waals surface area contributed by atoms with Crippen LogP contribution in [0.2, 0.25) is 0 Å². The van der Waals surface area contributed by atoms with Gasteiger partial charge in [-0.2, -0.15) is 0 Å². The molecule has 4 heteroatoms.